The van der Waals surface area contributed by atoms with Crippen molar-refractivity contribution in [2.24, 2.45) is 0 Å². The number of hydrogen-bond acceptors (Lipinski definition) is 2. The molecule has 2 nitrogen and oxygen atoms in total. The van der Waals surface area contributed by atoms with Crippen molar-refractivity contribution in [1.29, 1.82) is 0 Å². The number of rotatable bonds is 15. The zero-order valence-corrected chi connectivity index (χ0v) is 14.8. The van der Waals surface area contributed by atoms with Crippen molar-refractivity contribution < 1.29 is 9.53 Å². The minimum atomic E-state index is -0.00170. The highest BCUT2D eigenvalue weighted by atomic mass is 16.5. The van der Waals surface area contributed by atoms with Gasteiger partial charge in [-0.1, -0.05) is 84.5 Å². The first-order valence-corrected chi connectivity index (χ1v) is 9.40. The molecule has 0 radical (unpaired) electrons. The first-order valence-electron chi connectivity index (χ1n) is 9.40. The molecule has 0 aromatic heterocycles. The molecule has 2 heteroatoms. The molecule has 0 rings (SSSR count). The Morgan fingerprint density at radius 1 is 0.762 bits per heavy atom. The highest BCUT2D eigenvalue weighted by molar-refractivity contribution is 5.69. The van der Waals surface area contributed by atoms with Gasteiger partial charge in [-0.05, 0) is 19.8 Å². The summed E-state index contributed by atoms with van der Waals surface area (Å²) < 4.78 is 5.40. The maximum atomic E-state index is 11.6. The molecule has 1 unspecified atom stereocenters. The third-order valence-corrected chi connectivity index (χ3v) is 4.03. The molecular weight excluding hydrogens is 260 g/mol. The maximum absolute atomic E-state index is 11.6. The van der Waals surface area contributed by atoms with Crippen molar-refractivity contribution in [1.82, 2.24) is 0 Å². The van der Waals surface area contributed by atoms with Crippen LogP contribution in [0.3, 0.4) is 0 Å². The first kappa shape index (κ1) is 20.5. The molecule has 0 amide bonds. The van der Waals surface area contributed by atoms with E-state index in [0.29, 0.717) is 6.42 Å². The summed E-state index contributed by atoms with van der Waals surface area (Å²) >= 11 is 0. The van der Waals surface area contributed by atoms with Crippen molar-refractivity contribution in [2.75, 3.05) is 0 Å². The summed E-state index contributed by atoms with van der Waals surface area (Å²) in [6.07, 6.45) is 17.0. The van der Waals surface area contributed by atoms with Crippen molar-refractivity contribution in [2.45, 2.75) is 117 Å². The van der Waals surface area contributed by atoms with E-state index in [1.165, 1.54) is 64.2 Å². The molecule has 126 valence electrons. The number of ether oxygens (including phenoxy) is 1. The van der Waals surface area contributed by atoms with Gasteiger partial charge in [-0.15, -0.1) is 0 Å². The molecule has 0 heterocycles. The van der Waals surface area contributed by atoms with Crippen LogP contribution in [0.25, 0.3) is 0 Å². The van der Waals surface area contributed by atoms with Crippen LogP contribution >= 0.6 is 0 Å². The number of carbonyl (C=O) groups excluding carboxylic acids is 1. The van der Waals surface area contributed by atoms with Crippen LogP contribution in [0, 0.1) is 0 Å². The van der Waals surface area contributed by atoms with Gasteiger partial charge in [0, 0.05) is 6.42 Å². The summed E-state index contributed by atoms with van der Waals surface area (Å²) in [7, 11) is 0. The van der Waals surface area contributed by atoms with Crippen molar-refractivity contribution >= 4 is 5.97 Å². The van der Waals surface area contributed by atoms with Gasteiger partial charge in [0.2, 0.25) is 0 Å². The van der Waals surface area contributed by atoms with Crippen LogP contribution in [0.5, 0.6) is 0 Å². The van der Waals surface area contributed by atoms with Gasteiger partial charge in [0.1, 0.15) is 0 Å². The SMILES string of the molecule is CCCCCCCCCCCCC(=O)OC(C)CCCC. The molecule has 0 aliphatic carbocycles. The Bertz CT molecular complexity index is 226. The fourth-order valence-corrected chi connectivity index (χ4v) is 2.59. The van der Waals surface area contributed by atoms with Crippen molar-refractivity contribution in [3.63, 3.8) is 0 Å². The minimum Gasteiger partial charge on any atom is -0.463 e. The average molecular weight is 299 g/mol. The molecule has 0 saturated heterocycles. The van der Waals surface area contributed by atoms with Gasteiger partial charge < -0.3 is 4.74 Å². The number of esters is 1. The summed E-state index contributed by atoms with van der Waals surface area (Å²) in [6, 6.07) is 0. The van der Waals surface area contributed by atoms with E-state index in [1.807, 2.05) is 6.92 Å². The second-order valence-electron chi connectivity index (χ2n) is 6.37. The predicted molar refractivity (Wildman–Crippen MR) is 91.5 cm³/mol. The Balaban J connectivity index is 3.25. The van der Waals surface area contributed by atoms with Gasteiger partial charge in [0.25, 0.3) is 0 Å². The summed E-state index contributed by atoms with van der Waals surface area (Å²) in [5, 5.41) is 0. The van der Waals surface area contributed by atoms with Gasteiger partial charge in [-0.25, -0.2) is 0 Å². The predicted octanol–water partition coefficient (Wildman–Crippen LogP) is 6.42. The van der Waals surface area contributed by atoms with Gasteiger partial charge in [0.05, 0.1) is 6.10 Å². The van der Waals surface area contributed by atoms with Crippen LogP contribution in [0.1, 0.15) is 111 Å². The van der Waals surface area contributed by atoms with Crippen LogP contribution in [0.15, 0.2) is 0 Å². The second kappa shape index (κ2) is 15.9. The lowest BCUT2D eigenvalue weighted by Gasteiger charge is -2.12. The zero-order valence-electron chi connectivity index (χ0n) is 14.8. The van der Waals surface area contributed by atoms with Gasteiger partial charge in [-0.2, -0.15) is 0 Å². The lowest BCUT2D eigenvalue weighted by molar-refractivity contribution is -0.148. The molecule has 0 fully saturated rings. The molecule has 0 aliphatic heterocycles. The zero-order chi connectivity index (χ0) is 15.8. The molecule has 0 N–H and O–H groups in total. The van der Waals surface area contributed by atoms with Crippen LogP contribution in [0.2, 0.25) is 0 Å². The summed E-state index contributed by atoms with van der Waals surface area (Å²) in [5.74, 6) is -0.00170. The molecule has 21 heavy (non-hydrogen) atoms. The average Bonchev–Trinajstić information content (AvgIpc) is 2.47. The van der Waals surface area contributed by atoms with E-state index in [2.05, 4.69) is 13.8 Å². The third-order valence-electron chi connectivity index (χ3n) is 4.03. The van der Waals surface area contributed by atoms with Crippen LogP contribution in [-0.2, 0) is 9.53 Å². The molecule has 1 atom stereocenters. The molecular formula is C19H38O2. The van der Waals surface area contributed by atoms with E-state index >= 15 is 0 Å². The van der Waals surface area contributed by atoms with Crippen molar-refractivity contribution in [3.05, 3.63) is 0 Å². The third kappa shape index (κ3) is 15.7. The molecule has 0 spiro atoms. The van der Waals surface area contributed by atoms with E-state index in [0.717, 1.165) is 19.3 Å². The van der Waals surface area contributed by atoms with Gasteiger partial charge in [-0.3, -0.25) is 4.79 Å². The summed E-state index contributed by atoms with van der Waals surface area (Å²) in [4.78, 5) is 11.6. The van der Waals surface area contributed by atoms with E-state index < -0.39 is 0 Å². The minimum absolute atomic E-state index is 0.00170. The Morgan fingerprint density at radius 3 is 1.76 bits per heavy atom. The highest BCUT2D eigenvalue weighted by Crippen LogP contribution is 2.12. The summed E-state index contributed by atoms with van der Waals surface area (Å²) in [5.41, 5.74) is 0. The quantitative estimate of drug-likeness (QED) is 0.257. The second-order valence-corrected chi connectivity index (χ2v) is 6.37. The van der Waals surface area contributed by atoms with E-state index in [1.54, 1.807) is 0 Å². The van der Waals surface area contributed by atoms with E-state index in [9.17, 15) is 4.79 Å². The van der Waals surface area contributed by atoms with Crippen molar-refractivity contribution in [3.8, 4) is 0 Å². The fraction of sp³-hybridized carbons (Fsp3) is 0.947. The largest absolute Gasteiger partial charge is 0.463 e. The monoisotopic (exact) mass is 298 g/mol. The Labute approximate surface area is 133 Å². The lowest BCUT2D eigenvalue weighted by Crippen LogP contribution is -2.14. The summed E-state index contributed by atoms with van der Waals surface area (Å²) in [6.45, 7) is 6.43. The molecule has 0 bridgehead atoms. The number of hydrogen-bond donors (Lipinski definition) is 0. The number of carbonyl (C=O) groups is 1. The van der Waals surface area contributed by atoms with Gasteiger partial charge >= 0.3 is 5.97 Å². The molecule has 0 aromatic carbocycles. The van der Waals surface area contributed by atoms with E-state index in [4.69, 9.17) is 4.74 Å². The molecule has 0 aromatic rings. The smallest absolute Gasteiger partial charge is 0.306 e. The molecule has 0 saturated carbocycles. The van der Waals surface area contributed by atoms with E-state index in [-0.39, 0.29) is 12.1 Å². The highest BCUT2D eigenvalue weighted by Gasteiger charge is 2.08. The Morgan fingerprint density at radius 2 is 1.24 bits per heavy atom. The first-order chi connectivity index (χ1) is 10.2. The lowest BCUT2D eigenvalue weighted by atomic mass is 10.1. The molecule has 0 aliphatic rings. The van der Waals surface area contributed by atoms with Gasteiger partial charge in [0.15, 0.2) is 0 Å². The Hall–Kier alpha value is -0.530. The topological polar surface area (TPSA) is 26.3 Å². The number of unbranched alkanes of at least 4 members (excludes halogenated alkanes) is 10. The van der Waals surface area contributed by atoms with Crippen LogP contribution in [0.4, 0.5) is 0 Å². The van der Waals surface area contributed by atoms with Crippen LogP contribution < -0.4 is 0 Å². The maximum Gasteiger partial charge on any atom is 0.306 e. The normalized spacial score (nSPS) is 12.3. The van der Waals surface area contributed by atoms with Crippen LogP contribution in [-0.4, -0.2) is 12.1 Å². The Kier molecular flexibility index (Phi) is 15.5. The fourth-order valence-electron chi connectivity index (χ4n) is 2.59. The standard InChI is InChI=1S/C19H38O2/c1-4-6-8-9-10-11-12-13-14-15-17-19(20)21-18(3)16-7-5-2/h18H,4-17H2,1-3H3.